The quantitative estimate of drug-likeness (QED) is 0.854. The summed E-state index contributed by atoms with van der Waals surface area (Å²) in [7, 11) is 0. The van der Waals surface area contributed by atoms with Crippen LogP contribution in [0.2, 0.25) is 0 Å². The number of hydrogen-bond donors (Lipinski definition) is 1. The summed E-state index contributed by atoms with van der Waals surface area (Å²) in [6.45, 7) is 4.97. The molecule has 0 aliphatic heterocycles. The van der Waals surface area contributed by atoms with Crippen molar-refractivity contribution >= 4 is 5.91 Å². The normalized spacial score (nSPS) is 10.5. The minimum Gasteiger partial charge on any atom is -0.352 e. The summed E-state index contributed by atoms with van der Waals surface area (Å²) in [6.07, 6.45) is 4.87. The van der Waals surface area contributed by atoms with Crippen molar-refractivity contribution in [1.82, 2.24) is 9.88 Å². The van der Waals surface area contributed by atoms with Crippen LogP contribution >= 0.6 is 0 Å². The molecular formula is C19H24N2O2. The second-order valence-corrected chi connectivity index (χ2v) is 5.64. The van der Waals surface area contributed by atoms with Gasteiger partial charge in [-0.3, -0.25) is 9.59 Å². The first kappa shape index (κ1) is 17.0. The number of hydrogen-bond acceptors (Lipinski definition) is 2. The second-order valence-electron chi connectivity index (χ2n) is 5.64. The molecule has 0 bridgehead atoms. The number of aromatic nitrogens is 1. The smallest absolute Gasteiger partial charge is 0.263 e. The molecule has 0 atom stereocenters. The third-order valence-electron chi connectivity index (χ3n) is 3.74. The number of carbonyl (C=O) groups excluding carboxylic acids is 1. The average Bonchev–Trinajstić information content (AvgIpc) is 2.56. The van der Waals surface area contributed by atoms with Crippen LogP contribution in [0.25, 0.3) is 0 Å². The van der Waals surface area contributed by atoms with Crippen LogP contribution in [0, 0.1) is 0 Å². The van der Waals surface area contributed by atoms with Crippen molar-refractivity contribution in [3.63, 3.8) is 0 Å². The van der Waals surface area contributed by atoms with Gasteiger partial charge in [-0.15, -0.1) is 0 Å². The number of unbranched alkanes of at least 4 members (excludes halogenated alkanes) is 1. The van der Waals surface area contributed by atoms with Crippen LogP contribution in [0.1, 0.15) is 48.2 Å². The molecule has 0 fully saturated rings. The summed E-state index contributed by atoms with van der Waals surface area (Å²) in [6, 6.07) is 11.6. The van der Waals surface area contributed by atoms with Crippen LogP contribution in [-0.2, 0) is 13.0 Å². The van der Waals surface area contributed by atoms with Gasteiger partial charge in [0.05, 0.1) is 6.54 Å². The molecule has 1 heterocycles. The van der Waals surface area contributed by atoms with Crippen molar-refractivity contribution in [1.29, 1.82) is 0 Å². The first-order valence-corrected chi connectivity index (χ1v) is 8.21. The number of nitrogens with zero attached hydrogens (tertiary/aromatic N) is 1. The number of rotatable bonds is 7. The third kappa shape index (κ3) is 4.55. The van der Waals surface area contributed by atoms with E-state index in [4.69, 9.17) is 0 Å². The van der Waals surface area contributed by atoms with Gasteiger partial charge in [-0.1, -0.05) is 43.7 Å². The highest BCUT2D eigenvalue weighted by atomic mass is 16.2. The fraction of sp³-hybridized carbons (Fsp3) is 0.368. The summed E-state index contributed by atoms with van der Waals surface area (Å²) < 4.78 is 1.64. The molecule has 0 aliphatic rings. The Morgan fingerprint density at radius 1 is 1.13 bits per heavy atom. The Morgan fingerprint density at radius 2 is 1.87 bits per heavy atom. The zero-order valence-corrected chi connectivity index (χ0v) is 13.8. The van der Waals surface area contributed by atoms with Gasteiger partial charge in [0.2, 0.25) is 0 Å². The number of aryl methyl sites for hydroxylation is 1. The fourth-order valence-corrected chi connectivity index (χ4v) is 2.53. The molecule has 0 unspecified atom stereocenters. The Kier molecular flexibility index (Phi) is 6.15. The summed E-state index contributed by atoms with van der Waals surface area (Å²) >= 11 is 0. The Bertz CT molecular complexity index is 705. The minimum atomic E-state index is -0.294. The SMILES string of the molecule is CCCCc1cc(C(=O)NCC)c(=O)n(Cc2ccccc2)c1. The monoisotopic (exact) mass is 312 g/mol. The second kappa shape index (κ2) is 8.32. The van der Waals surface area contributed by atoms with E-state index in [0.717, 1.165) is 30.4 Å². The highest BCUT2D eigenvalue weighted by molar-refractivity contribution is 5.93. The maximum atomic E-state index is 12.6. The van der Waals surface area contributed by atoms with E-state index in [-0.39, 0.29) is 17.0 Å². The zero-order chi connectivity index (χ0) is 16.7. The predicted octanol–water partition coefficient (Wildman–Crippen LogP) is 2.99. The number of amides is 1. The molecule has 1 aromatic heterocycles. The average molecular weight is 312 g/mol. The molecule has 0 aliphatic carbocycles. The lowest BCUT2D eigenvalue weighted by molar-refractivity contribution is 0.0953. The molecule has 1 aromatic carbocycles. The molecule has 0 spiro atoms. The molecule has 0 saturated carbocycles. The molecule has 0 radical (unpaired) electrons. The Hall–Kier alpha value is -2.36. The van der Waals surface area contributed by atoms with Crippen LogP contribution < -0.4 is 10.9 Å². The van der Waals surface area contributed by atoms with Gasteiger partial charge in [-0.2, -0.15) is 0 Å². The fourth-order valence-electron chi connectivity index (χ4n) is 2.53. The highest BCUT2D eigenvalue weighted by Crippen LogP contribution is 2.08. The Balaban J connectivity index is 2.40. The van der Waals surface area contributed by atoms with Crippen molar-refractivity contribution in [2.24, 2.45) is 0 Å². The van der Waals surface area contributed by atoms with E-state index in [1.165, 1.54) is 0 Å². The van der Waals surface area contributed by atoms with Crippen molar-refractivity contribution in [2.75, 3.05) is 6.54 Å². The van der Waals surface area contributed by atoms with E-state index in [2.05, 4.69) is 12.2 Å². The lowest BCUT2D eigenvalue weighted by Gasteiger charge is -2.12. The van der Waals surface area contributed by atoms with Gasteiger partial charge < -0.3 is 9.88 Å². The van der Waals surface area contributed by atoms with Crippen LogP contribution in [0.4, 0.5) is 0 Å². The topological polar surface area (TPSA) is 51.1 Å². The molecule has 2 rings (SSSR count). The first-order chi connectivity index (χ1) is 11.2. The first-order valence-electron chi connectivity index (χ1n) is 8.21. The molecule has 2 aromatic rings. The van der Waals surface area contributed by atoms with E-state index >= 15 is 0 Å². The van der Waals surface area contributed by atoms with Gasteiger partial charge in [-0.05, 0) is 37.0 Å². The van der Waals surface area contributed by atoms with E-state index in [1.54, 1.807) is 10.6 Å². The van der Waals surface area contributed by atoms with Crippen molar-refractivity contribution in [2.45, 2.75) is 39.7 Å². The van der Waals surface area contributed by atoms with Gasteiger partial charge in [-0.25, -0.2) is 0 Å². The van der Waals surface area contributed by atoms with Crippen LogP contribution in [0.3, 0.4) is 0 Å². The molecule has 1 amide bonds. The summed E-state index contributed by atoms with van der Waals surface area (Å²) in [5.74, 6) is -0.294. The van der Waals surface area contributed by atoms with Crippen LogP contribution in [0.5, 0.6) is 0 Å². The molecule has 122 valence electrons. The zero-order valence-electron chi connectivity index (χ0n) is 13.8. The van der Waals surface area contributed by atoms with Crippen molar-refractivity contribution in [3.05, 3.63) is 69.6 Å². The maximum absolute atomic E-state index is 12.6. The van der Waals surface area contributed by atoms with E-state index in [0.29, 0.717) is 13.1 Å². The van der Waals surface area contributed by atoms with Crippen LogP contribution in [0.15, 0.2) is 47.4 Å². The van der Waals surface area contributed by atoms with Gasteiger partial charge >= 0.3 is 0 Å². The molecule has 1 N–H and O–H groups in total. The number of carbonyl (C=O) groups is 1. The summed E-state index contributed by atoms with van der Waals surface area (Å²) in [5.41, 5.74) is 2.07. The minimum absolute atomic E-state index is 0.233. The molecule has 23 heavy (non-hydrogen) atoms. The molecule has 4 heteroatoms. The van der Waals surface area contributed by atoms with E-state index in [9.17, 15) is 9.59 Å². The number of pyridine rings is 1. The largest absolute Gasteiger partial charge is 0.352 e. The van der Waals surface area contributed by atoms with Gasteiger partial charge in [0.25, 0.3) is 11.5 Å². The lowest BCUT2D eigenvalue weighted by Crippen LogP contribution is -2.33. The summed E-state index contributed by atoms with van der Waals surface area (Å²) in [4.78, 5) is 24.8. The van der Waals surface area contributed by atoms with Gasteiger partial charge in [0.15, 0.2) is 0 Å². The predicted molar refractivity (Wildman–Crippen MR) is 92.9 cm³/mol. The molecular weight excluding hydrogens is 288 g/mol. The van der Waals surface area contributed by atoms with E-state index in [1.807, 2.05) is 43.5 Å². The number of nitrogens with one attached hydrogen (secondary N) is 1. The van der Waals surface area contributed by atoms with Crippen LogP contribution in [-0.4, -0.2) is 17.0 Å². The van der Waals surface area contributed by atoms with Crippen molar-refractivity contribution < 1.29 is 4.79 Å². The highest BCUT2D eigenvalue weighted by Gasteiger charge is 2.14. The third-order valence-corrected chi connectivity index (χ3v) is 3.74. The van der Waals surface area contributed by atoms with Gasteiger partial charge in [0, 0.05) is 12.7 Å². The Labute approximate surface area is 137 Å². The molecule has 0 saturated heterocycles. The lowest BCUT2D eigenvalue weighted by atomic mass is 10.1. The maximum Gasteiger partial charge on any atom is 0.263 e. The van der Waals surface area contributed by atoms with Crippen molar-refractivity contribution in [3.8, 4) is 0 Å². The number of benzene rings is 1. The standard InChI is InChI=1S/C19H24N2O2/c1-3-5-9-16-12-17(18(22)20-4-2)19(23)21(14-16)13-15-10-7-6-8-11-15/h6-8,10-12,14H,3-5,9,13H2,1-2H3,(H,20,22). The molecule has 4 nitrogen and oxygen atoms in total. The summed E-state index contributed by atoms with van der Waals surface area (Å²) in [5, 5.41) is 2.72. The van der Waals surface area contributed by atoms with Gasteiger partial charge in [0.1, 0.15) is 5.56 Å². The Morgan fingerprint density at radius 3 is 2.52 bits per heavy atom. The van der Waals surface area contributed by atoms with E-state index < -0.39 is 0 Å².